The highest BCUT2D eigenvalue weighted by Gasteiger charge is 2.32. The third-order valence-corrected chi connectivity index (χ3v) is 3.79. The fraction of sp³-hybridized carbons (Fsp3) is 0.769. The van der Waals surface area contributed by atoms with Gasteiger partial charge in [-0.05, 0) is 38.8 Å². The van der Waals surface area contributed by atoms with Gasteiger partial charge in [-0.1, -0.05) is 0 Å². The predicted octanol–water partition coefficient (Wildman–Crippen LogP) is 1.37. The molecule has 0 bridgehead atoms. The highest BCUT2D eigenvalue weighted by Crippen LogP contribution is 2.32. The molecule has 1 aromatic rings. The van der Waals surface area contributed by atoms with Gasteiger partial charge in [-0.25, -0.2) is 0 Å². The molecule has 17 heavy (non-hydrogen) atoms. The zero-order valence-electron chi connectivity index (χ0n) is 10.9. The van der Waals surface area contributed by atoms with Gasteiger partial charge >= 0.3 is 0 Å². The van der Waals surface area contributed by atoms with Crippen LogP contribution in [0.1, 0.15) is 25.0 Å². The van der Waals surface area contributed by atoms with Gasteiger partial charge in [-0.15, -0.1) is 0 Å². The highest BCUT2D eigenvalue weighted by atomic mass is 16.5. The molecule has 1 atom stereocenters. The van der Waals surface area contributed by atoms with Crippen molar-refractivity contribution in [2.75, 3.05) is 26.8 Å². The highest BCUT2D eigenvalue weighted by molar-refractivity contribution is 5.01. The number of aromatic nitrogens is 2. The molecule has 0 aromatic carbocycles. The predicted molar refractivity (Wildman–Crippen MR) is 67.9 cm³/mol. The summed E-state index contributed by atoms with van der Waals surface area (Å²) >= 11 is 0. The lowest BCUT2D eigenvalue weighted by molar-refractivity contribution is -0.0111. The molecule has 1 aromatic heterocycles. The van der Waals surface area contributed by atoms with Crippen molar-refractivity contribution in [1.29, 1.82) is 0 Å². The van der Waals surface area contributed by atoms with E-state index in [1.807, 2.05) is 25.0 Å². The molecular weight excluding hydrogens is 214 g/mol. The van der Waals surface area contributed by atoms with Crippen LogP contribution in [0.15, 0.2) is 12.3 Å². The van der Waals surface area contributed by atoms with Gasteiger partial charge in [-0.2, -0.15) is 5.10 Å². The van der Waals surface area contributed by atoms with Crippen LogP contribution in [0, 0.1) is 5.41 Å². The lowest BCUT2D eigenvalue weighted by atomic mass is 9.78. The van der Waals surface area contributed by atoms with E-state index in [0.717, 1.165) is 26.2 Å². The summed E-state index contributed by atoms with van der Waals surface area (Å²) in [5, 5.41) is 7.54. The zero-order chi connectivity index (χ0) is 12.1. The number of hydrogen-bond donors (Lipinski definition) is 1. The second-order valence-electron chi connectivity index (χ2n) is 5.13. The Labute approximate surface area is 103 Å². The van der Waals surface area contributed by atoms with Crippen LogP contribution in [-0.2, 0) is 18.2 Å². The molecular formula is C13H23N3O. The maximum Gasteiger partial charge on any atom is 0.0534 e. The van der Waals surface area contributed by atoms with Gasteiger partial charge in [0, 0.05) is 37.5 Å². The Morgan fingerprint density at radius 1 is 1.59 bits per heavy atom. The minimum atomic E-state index is 0.317. The Morgan fingerprint density at radius 3 is 3.06 bits per heavy atom. The molecule has 2 rings (SSSR count). The fourth-order valence-electron chi connectivity index (χ4n) is 2.75. The van der Waals surface area contributed by atoms with E-state index in [-0.39, 0.29) is 0 Å². The molecule has 0 radical (unpaired) electrons. The van der Waals surface area contributed by atoms with Crippen LogP contribution in [-0.4, -0.2) is 36.6 Å². The van der Waals surface area contributed by atoms with Crippen molar-refractivity contribution in [3.8, 4) is 0 Å². The quantitative estimate of drug-likeness (QED) is 0.840. The molecule has 1 saturated heterocycles. The first kappa shape index (κ1) is 12.6. The maximum atomic E-state index is 5.68. The first-order valence-corrected chi connectivity index (χ1v) is 6.45. The van der Waals surface area contributed by atoms with Crippen molar-refractivity contribution >= 4 is 0 Å². The smallest absolute Gasteiger partial charge is 0.0534 e. The third kappa shape index (κ3) is 3.07. The van der Waals surface area contributed by atoms with Crippen molar-refractivity contribution in [1.82, 2.24) is 15.1 Å². The van der Waals surface area contributed by atoms with Crippen LogP contribution in [0.5, 0.6) is 0 Å². The van der Waals surface area contributed by atoms with E-state index in [9.17, 15) is 0 Å². The van der Waals surface area contributed by atoms with Gasteiger partial charge in [0.05, 0.1) is 6.61 Å². The Balaban J connectivity index is 1.95. The number of ether oxygens (including phenoxy) is 1. The number of aryl methyl sites for hydroxylation is 2. The molecule has 1 aliphatic heterocycles. The van der Waals surface area contributed by atoms with Crippen LogP contribution in [0.25, 0.3) is 0 Å². The maximum absolute atomic E-state index is 5.68. The molecule has 1 aliphatic rings. The minimum absolute atomic E-state index is 0.317. The van der Waals surface area contributed by atoms with Crippen LogP contribution in [0.2, 0.25) is 0 Å². The second kappa shape index (κ2) is 5.65. The number of hydrogen-bond acceptors (Lipinski definition) is 3. The summed E-state index contributed by atoms with van der Waals surface area (Å²) in [5.41, 5.74) is 1.63. The van der Waals surface area contributed by atoms with Gasteiger partial charge in [0.1, 0.15) is 0 Å². The summed E-state index contributed by atoms with van der Waals surface area (Å²) < 4.78 is 7.64. The van der Waals surface area contributed by atoms with Crippen molar-refractivity contribution < 1.29 is 4.74 Å². The summed E-state index contributed by atoms with van der Waals surface area (Å²) in [5.74, 6) is 0. The van der Waals surface area contributed by atoms with E-state index in [4.69, 9.17) is 4.74 Å². The summed E-state index contributed by atoms with van der Waals surface area (Å²) in [7, 11) is 4.04. The van der Waals surface area contributed by atoms with Crippen molar-refractivity contribution in [2.45, 2.75) is 25.7 Å². The van der Waals surface area contributed by atoms with Gasteiger partial charge in [0.2, 0.25) is 0 Å². The SMILES string of the molecule is CNCC1(CCc2ccnn2C)CCCOC1. The molecule has 96 valence electrons. The Kier molecular flexibility index (Phi) is 4.18. The molecule has 0 spiro atoms. The van der Waals surface area contributed by atoms with Crippen LogP contribution in [0.4, 0.5) is 0 Å². The number of nitrogens with zero attached hydrogens (tertiary/aromatic N) is 2. The molecule has 1 N–H and O–H groups in total. The summed E-state index contributed by atoms with van der Waals surface area (Å²) in [6, 6.07) is 2.11. The van der Waals surface area contributed by atoms with E-state index in [2.05, 4.69) is 16.5 Å². The molecule has 4 heteroatoms. The van der Waals surface area contributed by atoms with E-state index in [1.54, 1.807) is 0 Å². The van der Waals surface area contributed by atoms with E-state index in [0.29, 0.717) is 5.41 Å². The first-order chi connectivity index (χ1) is 8.26. The van der Waals surface area contributed by atoms with Crippen molar-refractivity contribution in [3.05, 3.63) is 18.0 Å². The topological polar surface area (TPSA) is 39.1 Å². The van der Waals surface area contributed by atoms with Crippen LogP contribution < -0.4 is 5.32 Å². The van der Waals surface area contributed by atoms with Crippen LogP contribution in [0.3, 0.4) is 0 Å². The summed E-state index contributed by atoms with van der Waals surface area (Å²) in [6.07, 6.45) is 6.59. The molecule has 1 unspecified atom stereocenters. The number of rotatable bonds is 5. The molecule has 0 aliphatic carbocycles. The van der Waals surface area contributed by atoms with Gasteiger partial charge < -0.3 is 10.1 Å². The van der Waals surface area contributed by atoms with Crippen LogP contribution >= 0.6 is 0 Å². The lowest BCUT2D eigenvalue weighted by Crippen LogP contribution is -2.40. The van der Waals surface area contributed by atoms with Crippen molar-refractivity contribution in [3.63, 3.8) is 0 Å². The minimum Gasteiger partial charge on any atom is -0.381 e. The molecule has 0 amide bonds. The Hall–Kier alpha value is -0.870. The summed E-state index contributed by atoms with van der Waals surface area (Å²) in [6.45, 7) is 2.87. The molecule has 2 heterocycles. The summed E-state index contributed by atoms with van der Waals surface area (Å²) in [4.78, 5) is 0. The standard InChI is InChI=1S/C13H23N3O/c1-14-10-13(6-3-9-17-11-13)7-4-12-5-8-15-16(12)2/h5,8,14H,3-4,6-7,9-11H2,1-2H3. The van der Waals surface area contributed by atoms with E-state index >= 15 is 0 Å². The molecule has 4 nitrogen and oxygen atoms in total. The third-order valence-electron chi connectivity index (χ3n) is 3.79. The lowest BCUT2D eigenvalue weighted by Gasteiger charge is -2.37. The van der Waals surface area contributed by atoms with Gasteiger partial charge in [0.25, 0.3) is 0 Å². The first-order valence-electron chi connectivity index (χ1n) is 6.45. The Morgan fingerprint density at radius 2 is 2.47 bits per heavy atom. The Bertz CT molecular complexity index is 337. The monoisotopic (exact) mass is 237 g/mol. The number of nitrogens with one attached hydrogen (secondary N) is 1. The van der Waals surface area contributed by atoms with Gasteiger partial charge in [0.15, 0.2) is 0 Å². The van der Waals surface area contributed by atoms with Crippen molar-refractivity contribution in [2.24, 2.45) is 12.5 Å². The normalized spacial score (nSPS) is 25.1. The van der Waals surface area contributed by atoms with Gasteiger partial charge in [-0.3, -0.25) is 4.68 Å². The fourth-order valence-corrected chi connectivity index (χ4v) is 2.75. The second-order valence-corrected chi connectivity index (χ2v) is 5.13. The molecule has 1 fully saturated rings. The molecule has 0 saturated carbocycles. The largest absolute Gasteiger partial charge is 0.381 e. The zero-order valence-corrected chi connectivity index (χ0v) is 10.9. The van der Waals surface area contributed by atoms with E-state index in [1.165, 1.54) is 25.0 Å². The average molecular weight is 237 g/mol. The van der Waals surface area contributed by atoms with E-state index < -0.39 is 0 Å². The average Bonchev–Trinajstić information content (AvgIpc) is 2.74.